The highest BCUT2D eigenvalue weighted by Gasteiger charge is 2.38. The van der Waals surface area contributed by atoms with E-state index in [9.17, 15) is 19.5 Å². The van der Waals surface area contributed by atoms with E-state index in [2.05, 4.69) is 5.32 Å². The molecule has 0 bridgehead atoms. The van der Waals surface area contributed by atoms with Gasteiger partial charge in [0.25, 0.3) is 0 Å². The van der Waals surface area contributed by atoms with Crippen molar-refractivity contribution in [2.75, 3.05) is 13.1 Å². The molecule has 1 aliphatic heterocycles. The quantitative estimate of drug-likeness (QED) is 0.684. The van der Waals surface area contributed by atoms with E-state index >= 15 is 0 Å². The van der Waals surface area contributed by atoms with E-state index in [1.807, 2.05) is 0 Å². The zero-order valence-corrected chi connectivity index (χ0v) is 12.0. The molecule has 1 atom stereocenters. The van der Waals surface area contributed by atoms with Crippen LogP contribution in [0.1, 0.15) is 39.5 Å². The van der Waals surface area contributed by atoms with Crippen molar-refractivity contribution in [1.29, 1.82) is 0 Å². The number of amides is 3. The van der Waals surface area contributed by atoms with Gasteiger partial charge in [0.1, 0.15) is 5.54 Å². The molecule has 0 spiro atoms. The van der Waals surface area contributed by atoms with E-state index in [1.165, 1.54) is 4.90 Å². The van der Waals surface area contributed by atoms with Gasteiger partial charge in [0.2, 0.25) is 5.91 Å². The maximum absolute atomic E-state index is 12.2. The summed E-state index contributed by atoms with van der Waals surface area (Å²) in [4.78, 5) is 36.2. The van der Waals surface area contributed by atoms with Crippen LogP contribution in [-0.4, -0.2) is 46.5 Å². The smallest absolute Gasteiger partial charge is 0.329 e. The molecule has 1 unspecified atom stereocenters. The number of carbonyl (C=O) groups is 3. The Kier molecular flexibility index (Phi) is 5.35. The van der Waals surface area contributed by atoms with Gasteiger partial charge < -0.3 is 21.1 Å². The van der Waals surface area contributed by atoms with Crippen molar-refractivity contribution in [1.82, 2.24) is 10.2 Å². The van der Waals surface area contributed by atoms with Crippen LogP contribution in [0.3, 0.4) is 0 Å². The average molecular weight is 285 g/mol. The van der Waals surface area contributed by atoms with E-state index in [0.29, 0.717) is 32.2 Å². The van der Waals surface area contributed by atoms with Gasteiger partial charge >= 0.3 is 12.0 Å². The van der Waals surface area contributed by atoms with Gasteiger partial charge in [-0.3, -0.25) is 4.79 Å². The molecule has 20 heavy (non-hydrogen) atoms. The largest absolute Gasteiger partial charge is 0.480 e. The number of hydrogen-bond donors (Lipinski definition) is 3. The van der Waals surface area contributed by atoms with Crippen LogP contribution in [0.15, 0.2) is 0 Å². The Balaban J connectivity index is 2.74. The topological polar surface area (TPSA) is 113 Å². The highest BCUT2D eigenvalue weighted by Crippen LogP contribution is 2.19. The Morgan fingerprint density at radius 3 is 2.40 bits per heavy atom. The fourth-order valence-corrected chi connectivity index (χ4v) is 2.46. The number of rotatable bonds is 5. The molecule has 4 N–H and O–H groups in total. The van der Waals surface area contributed by atoms with Crippen LogP contribution >= 0.6 is 0 Å². The van der Waals surface area contributed by atoms with Crippen molar-refractivity contribution in [2.45, 2.75) is 45.1 Å². The van der Waals surface area contributed by atoms with Crippen LogP contribution in [0.5, 0.6) is 0 Å². The van der Waals surface area contributed by atoms with Gasteiger partial charge in [0.05, 0.1) is 5.92 Å². The molecule has 1 fully saturated rings. The molecule has 0 aromatic carbocycles. The molecule has 0 saturated carbocycles. The lowest BCUT2D eigenvalue weighted by Gasteiger charge is -2.35. The maximum Gasteiger partial charge on any atom is 0.329 e. The van der Waals surface area contributed by atoms with Gasteiger partial charge in [-0.05, 0) is 25.7 Å². The number of urea groups is 1. The number of aliphatic carboxylic acids is 1. The van der Waals surface area contributed by atoms with Gasteiger partial charge in [-0.15, -0.1) is 0 Å². The average Bonchev–Trinajstić information content (AvgIpc) is 2.44. The summed E-state index contributed by atoms with van der Waals surface area (Å²) in [6.07, 6.45) is 1.97. The second-order valence-corrected chi connectivity index (χ2v) is 5.21. The molecule has 0 aliphatic carbocycles. The highest BCUT2D eigenvalue weighted by atomic mass is 16.4. The van der Waals surface area contributed by atoms with Crippen molar-refractivity contribution in [3.63, 3.8) is 0 Å². The fourth-order valence-electron chi connectivity index (χ4n) is 2.46. The number of piperidine rings is 1. The Morgan fingerprint density at radius 2 is 1.95 bits per heavy atom. The van der Waals surface area contributed by atoms with Crippen LogP contribution in [0.25, 0.3) is 0 Å². The lowest BCUT2D eigenvalue weighted by atomic mass is 9.93. The van der Waals surface area contributed by atoms with E-state index in [4.69, 9.17) is 5.73 Å². The lowest BCUT2D eigenvalue weighted by Crippen LogP contribution is -2.59. The van der Waals surface area contributed by atoms with Crippen LogP contribution in [0.4, 0.5) is 4.79 Å². The monoisotopic (exact) mass is 285 g/mol. The van der Waals surface area contributed by atoms with Gasteiger partial charge in [0.15, 0.2) is 0 Å². The first-order chi connectivity index (χ1) is 9.36. The molecule has 3 amide bonds. The maximum atomic E-state index is 12.2. The van der Waals surface area contributed by atoms with Gasteiger partial charge in [-0.1, -0.05) is 13.8 Å². The number of primary amides is 1. The zero-order valence-electron chi connectivity index (χ0n) is 12.0. The Bertz CT molecular complexity index is 393. The molecule has 1 rings (SSSR count). The number of carboxylic acids is 1. The SMILES string of the molecule is CCC(CC)(NC(=O)N1CCCC(C(N)=O)C1)C(=O)O. The Morgan fingerprint density at radius 1 is 1.35 bits per heavy atom. The van der Waals surface area contributed by atoms with Gasteiger partial charge in [-0.25, -0.2) is 9.59 Å². The molecule has 1 saturated heterocycles. The summed E-state index contributed by atoms with van der Waals surface area (Å²) in [5.74, 6) is -1.81. The lowest BCUT2D eigenvalue weighted by molar-refractivity contribution is -0.145. The van der Waals surface area contributed by atoms with Crippen molar-refractivity contribution in [2.24, 2.45) is 11.7 Å². The van der Waals surface area contributed by atoms with E-state index in [1.54, 1.807) is 13.8 Å². The molecule has 1 aliphatic rings. The second kappa shape index (κ2) is 6.58. The summed E-state index contributed by atoms with van der Waals surface area (Å²) >= 11 is 0. The summed E-state index contributed by atoms with van der Waals surface area (Å²) in [5, 5.41) is 11.9. The number of carboxylic acid groups (broad SMARTS) is 1. The van der Waals surface area contributed by atoms with Crippen LogP contribution in [-0.2, 0) is 9.59 Å². The summed E-state index contributed by atoms with van der Waals surface area (Å²) in [7, 11) is 0. The number of nitrogens with one attached hydrogen (secondary N) is 1. The molecule has 114 valence electrons. The third-order valence-electron chi connectivity index (χ3n) is 4.07. The number of carbonyl (C=O) groups excluding carboxylic acids is 2. The van der Waals surface area contributed by atoms with Crippen LogP contribution in [0.2, 0.25) is 0 Å². The molecular weight excluding hydrogens is 262 g/mol. The van der Waals surface area contributed by atoms with E-state index in [-0.39, 0.29) is 12.5 Å². The first-order valence-corrected chi connectivity index (χ1v) is 6.96. The molecule has 7 nitrogen and oxygen atoms in total. The first kappa shape index (κ1) is 16.3. The Labute approximate surface area is 118 Å². The number of likely N-dealkylation sites (tertiary alicyclic amines) is 1. The summed E-state index contributed by atoms with van der Waals surface area (Å²) in [5.41, 5.74) is 4.01. The molecule has 0 aromatic rings. The second-order valence-electron chi connectivity index (χ2n) is 5.21. The van der Waals surface area contributed by atoms with Crippen molar-refractivity contribution in [3.05, 3.63) is 0 Å². The molecule has 0 radical (unpaired) electrons. The number of nitrogens with two attached hydrogens (primary N) is 1. The van der Waals surface area contributed by atoms with Gasteiger partial charge in [-0.2, -0.15) is 0 Å². The van der Waals surface area contributed by atoms with Crippen molar-refractivity contribution < 1.29 is 19.5 Å². The van der Waals surface area contributed by atoms with Crippen LogP contribution in [0, 0.1) is 5.92 Å². The van der Waals surface area contributed by atoms with Gasteiger partial charge in [0, 0.05) is 13.1 Å². The summed E-state index contributed by atoms with van der Waals surface area (Å²) < 4.78 is 0. The third-order valence-corrected chi connectivity index (χ3v) is 4.07. The predicted molar refractivity (Wildman–Crippen MR) is 73.0 cm³/mol. The summed E-state index contributed by atoms with van der Waals surface area (Å²) in [6, 6.07) is -0.443. The minimum absolute atomic E-state index is 0.254. The van der Waals surface area contributed by atoms with E-state index in [0.717, 1.165) is 0 Å². The predicted octanol–water partition coefficient (Wildman–Crippen LogP) is 0.537. The Hall–Kier alpha value is -1.79. The van der Waals surface area contributed by atoms with Crippen molar-refractivity contribution in [3.8, 4) is 0 Å². The fraction of sp³-hybridized carbons (Fsp3) is 0.769. The standard InChI is InChI=1S/C13H23N3O4/c1-3-13(4-2,11(18)19)15-12(20)16-7-5-6-9(8-16)10(14)17/h9H,3-8H2,1-2H3,(H2,14,17)(H,15,20)(H,18,19). The van der Waals surface area contributed by atoms with Crippen LogP contribution < -0.4 is 11.1 Å². The minimum Gasteiger partial charge on any atom is -0.480 e. The number of hydrogen-bond acceptors (Lipinski definition) is 3. The molecular formula is C13H23N3O4. The minimum atomic E-state index is -1.25. The summed E-state index contributed by atoms with van der Waals surface area (Å²) in [6.45, 7) is 4.21. The molecule has 0 aromatic heterocycles. The van der Waals surface area contributed by atoms with Crippen molar-refractivity contribution >= 4 is 17.9 Å². The third kappa shape index (κ3) is 3.40. The first-order valence-electron chi connectivity index (χ1n) is 6.96. The normalized spacial score (nSPS) is 19.5. The highest BCUT2D eigenvalue weighted by molar-refractivity contribution is 5.86. The molecule has 1 heterocycles. The molecule has 7 heteroatoms. The zero-order chi connectivity index (χ0) is 15.3. The van der Waals surface area contributed by atoms with E-state index < -0.39 is 23.4 Å². The number of nitrogens with zero attached hydrogens (tertiary/aromatic N) is 1.